The van der Waals surface area contributed by atoms with Gasteiger partial charge in [-0.05, 0) is 30.7 Å². The monoisotopic (exact) mass is 224 g/mol. The Bertz CT molecular complexity index is 544. The van der Waals surface area contributed by atoms with E-state index < -0.39 is 0 Å². The Morgan fingerprint density at radius 2 is 2.24 bits per heavy atom. The van der Waals surface area contributed by atoms with Gasteiger partial charge in [-0.1, -0.05) is 12.1 Å². The van der Waals surface area contributed by atoms with E-state index in [0.29, 0.717) is 12.2 Å². The van der Waals surface area contributed by atoms with Crippen molar-refractivity contribution in [2.45, 2.75) is 13.5 Å². The zero-order valence-corrected chi connectivity index (χ0v) is 9.55. The lowest BCUT2D eigenvalue weighted by atomic mass is 10.1. The third kappa shape index (κ3) is 2.82. The van der Waals surface area contributed by atoms with Gasteiger partial charge in [0.1, 0.15) is 12.4 Å². The number of hydrogen-bond acceptors (Lipinski definition) is 3. The Kier molecular flexibility index (Phi) is 3.37. The van der Waals surface area contributed by atoms with Crippen molar-refractivity contribution in [1.82, 2.24) is 4.98 Å². The second-order valence-electron chi connectivity index (χ2n) is 3.74. The molecular formula is C14H12N2O. The number of pyridine rings is 1. The van der Waals surface area contributed by atoms with E-state index in [4.69, 9.17) is 10.00 Å². The molecule has 0 saturated heterocycles. The molecule has 0 aliphatic heterocycles. The van der Waals surface area contributed by atoms with Crippen LogP contribution < -0.4 is 4.74 Å². The Morgan fingerprint density at radius 1 is 1.35 bits per heavy atom. The summed E-state index contributed by atoms with van der Waals surface area (Å²) in [4.78, 5) is 4.02. The number of ether oxygens (including phenoxy) is 1. The van der Waals surface area contributed by atoms with Crippen molar-refractivity contribution in [3.05, 3.63) is 59.4 Å². The predicted octanol–water partition coefficient (Wildman–Crippen LogP) is 2.84. The summed E-state index contributed by atoms with van der Waals surface area (Å²) in [6.07, 6.45) is 3.49. The van der Waals surface area contributed by atoms with Crippen LogP contribution in [0.4, 0.5) is 0 Å². The Hall–Kier alpha value is -2.34. The summed E-state index contributed by atoms with van der Waals surface area (Å²) >= 11 is 0. The largest absolute Gasteiger partial charge is 0.489 e. The molecule has 0 unspecified atom stereocenters. The van der Waals surface area contributed by atoms with Crippen molar-refractivity contribution >= 4 is 0 Å². The minimum Gasteiger partial charge on any atom is -0.489 e. The third-order valence-electron chi connectivity index (χ3n) is 2.43. The maximum absolute atomic E-state index is 8.82. The molecule has 17 heavy (non-hydrogen) atoms. The van der Waals surface area contributed by atoms with Crippen LogP contribution in [0, 0.1) is 18.3 Å². The van der Waals surface area contributed by atoms with Crippen molar-refractivity contribution in [3.8, 4) is 11.8 Å². The smallest absolute Gasteiger partial charge is 0.124 e. The minimum absolute atomic E-state index is 0.462. The number of aromatic nitrogens is 1. The van der Waals surface area contributed by atoms with Crippen LogP contribution >= 0.6 is 0 Å². The lowest BCUT2D eigenvalue weighted by Gasteiger charge is -2.09. The molecule has 3 heteroatoms. The number of nitriles is 1. The van der Waals surface area contributed by atoms with Crippen LogP contribution in [-0.2, 0) is 6.61 Å². The van der Waals surface area contributed by atoms with E-state index in [9.17, 15) is 0 Å². The molecule has 0 radical (unpaired) electrons. The second kappa shape index (κ2) is 5.13. The molecule has 1 heterocycles. The first-order valence-electron chi connectivity index (χ1n) is 5.32. The predicted molar refractivity (Wildman–Crippen MR) is 64.5 cm³/mol. The summed E-state index contributed by atoms with van der Waals surface area (Å²) in [7, 11) is 0. The molecule has 1 aromatic carbocycles. The first-order chi connectivity index (χ1) is 8.29. The van der Waals surface area contributed by atoms with Crippen LogP contribution in [-0.4, -0.2) is 4.98 Å². The molecule has 0 N–H and O–H groups in total. The fourth-order valence-electron chi connectivity index (χ4n) is 1.47. The Morgan fingerprint density at radius 3 is 2.94 bits per heavy atom. The van der Waals surface area contributed by atoms with E-state index in [-0.39, 0.29) is 0 Å². The average Bonchev–Trinajstić information content (AvgIpc) is 2.39. The molecule has 0 atom stereocenters. The van der Waals surface area contributed by atoms with Crippen molar-refractivity contribution in [2.24, 2.45) is 0 Å². The number of nitrogens with zero attached hydrogens (tertiary/aromatic N) is 2. The zero-order valence-electron chi connectivity index (χ0n) is 9.55. The number of aryl methyl sites for hydroxylation is 1. The van der Waals surface area contributed by atoms with Gasteiger partial charge in [-0.15, -0.1) is 0 Å². The minimum atomic E-state index is 0.462. The maximum atomic E-state index is 8.82. The maximum Gasteiger partial charge on any atom is 0.124 e. The molecule has 0 spiro atoms. The Labute approximate surface area is 100 Å². The highest BCUT2D eigenvalue weighted by molar-refractivity contribution is 5.41. The number of benzene rings is 1. The van der Waals surface area contributed by atoms with E-state index in [2.05, 4.69) is 11.1 Å². The molecule has 2 rings (SSSR count). The van der Waals surface area contributed by atoms with Gasteiger partial charge >= 0.3 is 0 Å². The molecule has 0 saturated carbocycles. The van der Waals surface area contributed by atoms with Gasteiger partial charge in [0.15, 0.2) is 0 Å². The topological polar surface area (TPSA) is 45.9 Å². The van der Waals surface area contributed by atoms with Crippen LogP contribution in [0.5, 0.6) is 5.75 Å². The molecule has 0 aliphatic rings. The van der Waals surface area contributed by atoms with Gasteiger partial charge in [0, 0.05) is 18.0 Å². The van der Waals surface area contributed by atoms with Crippen molar-refractivity contribution < 1.29 is 4.74 Å². The molecule has 1 aromatic heterocycles. The van der Waals surface area contributed by atoms with Gasteiger partial charge in [-0.3, -0.25) is 4.98 Å². The molecule has 2 aromatic rings. The highest BCUT2D eigenvalue weighted by Gasteiger charge is 2.02. The highest BCUT2D eigenvalue weighted by Crippen LogP contribution is 2.20. The molecule has 84 valence electrons. The van der Waals surface area contributed by atoms with Gasteiger partial charge in [0.05, 0.1) is 11.6 Å². The summed E-state index contributed by atoms with van der Waals surface area (Å²) in [5.41, 5.74) is 2.64. The van der Waals surface area contributed by atoms with E-state index in [1.165, 1.54) is 0 Å². The quantitative estimate of drug-likeness (QED) is 0.805. The highest BCUT2D eigenvalue weighted by atomic mass is 16.5. The van der Waals surface area contributed by atoms with Crippen LogP contribution in [0.15, 0.2) is 42.7 Å². The van der Waals surface area contributed by atoms with Crippen LogP contribution in [0.25, 0.3) is 0 Å². The van der Waals surface area contributed by atoms with Gasteiger partial charge in [0.25, 0.3) is 0 Å². The summed E-state index contributed by atoms with van der Waals surface area (Å²) in [5.74, 6) is 0.743. The molecular weight excluding hydrogens is 212 g/mol. The summed E-state index contributed by atoms with van der Waals surface area (Å²) in [6.45, 7) is 2.42. The third-order valence-corrected chi connectivity index (χ3v) is 2.43. The molecule has 0 amide bonds. The van der Waals surface area contributed by atoms with Gasteiger partial charge in [-0.25, -0.2) is 0 Å². The molecule has 0 aliphatic carbocycles. The van der Waals surface area contributed by atoms with E-state index in [0.717, 1.165) is 16.9 Å². The summed E-state index contributed by atoms with van der Waals surface area (Å²) in [6, 6.07) is 11.4. The molecule has 0 fully saturated rings. The van der Waals surface area contributed by atoms with E-state index in [1.807, 2.05) is 25.1 Å². The van der Waals surface area contributed by atoms with Crippen molar-refractivity contribution in [2.75, 3.05) is 0 Å². The molecule has 0 bridgehead atoms. The fourth-order valence-corrected chi connectivity index (χ4v) is 1.47. The van der Waals surface area contributed by atoms with Crippen molar-refractivity contribution in [3.63, 3.8) is 0 Å². The van der Waals surface area contributed by atoms with Gasteiger partial charge < -0.3 is 4.74 Å². The zero-order chi connectivity index (χ0) is 12.1. The normalized spacial score (nSPS) is 9.65. The first-order valence-corrected chi connectivity index (χ1v) is 5.32. The van der Waals surface area contributed by atoms with E-state index >= 15 is 0 Å². The Balaban J connectivity index is 2.12. The standard InChI is InChI=1S/C14H12N2O/c1-11-4-5-12(8-15)7-14(11)17-10-13-3-2-6-16-9-13/h2-7,9H,10H2,1H3. The number of rotatable bonds is 3. The van der Waals surface area contributed by atoms with Crippen LogP contribution in [0.2, 0.25) is 0 Å². The fraction of sp³-hybridized carbons (Fsp3) is 0.143. The summed E-state index contributed by atoms with van der Waals surface area (Å²) < 4.78 is 5.67. The average molecular weight is 224 g/mol. The lowest BCUT2D eigenvalue weighted by molar-refractivity contribution is 0.303. The number of hydrogen-bond donors (Lipinski definition) is 0. The lowest BCUT2D eigenvalue weighted by Crippen LogP contribution is -1.97. The van der Waals surface area contributed by atoms with Crippen molar-refractivity contribution in [1.29, 1.82) is 5.26 Å². The van der Waals surface area contributed by atoms with Crippen LogP contribution in [0.1, 0.15) is 16.7 Å². The van der Waals surface area contributed by atoms with Gasteiger partial charge in [-0.2, -0.15) is 5.26 Å². The first kappa shape index (κ1) is 11.2. The summed E-state index contributed by atoms with van der Waals surface area (Å²) in [5, 5.41) is 8.82. The SMILES string of the molecule is Cc1ccc(C#N)cc1OCc1cccnc1. The van der Waals surface area contributed by atoms with Crippen LogP contribution in [0.3, 0.4) is 0 Å². The van der Waals surface area contributed by atoms with E-state index in [1.54, 1.807) is 24.5 Å². The molecule has 3 nitrogen and oxygen atoms in total. The second-order valence-corrected chi connectivity index (χ2v) is 3.74. The van der Waals surface area contributed by atoms with Gasteiger partial charge in [0.2, 0.25) is 0 Å².